The van der Waals surface area contributed by atoms with Crippen LogP contribution in [0.1, 0.15) is 206 Å². The lowest BCUT2D eigenvalue weighted by atomic mass is 10.0. The highest BCUT2D eigenvalue weighted by Crippen LogP contribution is 2.16. The minimum atomic E-state index is -1.01. The molecule has 0 spiro atoms. The highest BCUT2D eigenvalue weighted by atomic mass is 16.4. The molecule has 0 heterocycles. The lowest BCUT2D eigenvalue weighted by Crippen LogP contribution is -2.01. The van der Waals surface area contributed by atoms with Crippen LogP contribution in [-0.2, 0) is 9.59 Å². The van der Waals surface area contributed by atoms with Gasteiger partial charge in [0.2, 0.25) is 0 Å². The van der Waals surface area contributed by atoms with Gasteiger partial charge < -0.3 is 5.11 Å². The van der Waals surface area contributed by atoms with Crippen LogP contribution < -0.4 is 0 Å². The van der Waals surface area contributed by atoms with E-state index in [1.807, 2.05) is 0 Å². The van der Waals surface area contributed by atoms with Gasteiger partial charge in [-0.1, -0.05) is 187 Å². The van der Waals surface area contributed by atoms with Gasteiger partial charge >= 0.3 is 5.97 Å². The molecule has 3 nitrogen and oxygen atoms in total. The van der Waals surface area contributed by atoms with Crippen LogP contribution in [0.15, 0.2) is 11.6 Å². The Balaban J connectivity index is 3.14. The molecule has 0 unspecified atom stereocenters. The molecule has 0 saturated carbocycles. The van der Waals surface area contributed by atoms with Crippen LogP contribution in [0.3, 0.4) is 0 Å². The number of carboxylic acids is 1. The minimum absolute atomic E-state index is 0.0556. The van der Waals surface area contributed by atoms with Crippen molar-refractivity contribution in [2.24, 2.45) is 0 Å². The van der Waals surface area contributed by atoms with Crippen LogP contribution in [0, 0.1) is 0 Å². The van der Waals surface area contributed by atoms with E-state index < -0.39 is 5.97 Å². The standard InChI is InChI=1S/C36H68O3/c1-3-4-5-6-7-8-9-10-11-12-13-14-15-16-17-18-19-20-21-22-23-24-25-26-27-28-29-30-31-32-35(37)33-34(2)36(38)39/h33H,3-32H2,1-2H3,(H,38,39). The van der Waals surface area contributed by atoms with Crippen LogP contribution in [0.4, 0.5) is 0 Å². The first-order valence-corrected chi connectivity index (χ1v) is 17.5. The number of carboxylic acid groups (broad SMARTS) is 1. The average Bonchev–Trinajstić information content (AvgIpc) is 2.92. The number of hydrogen-bond donors (Lipinski definition) is 1. The molecule has 0 aliphatic rings. The Morgan fingerprint density at radius 2 is 0.667 bits per heavy atom. The van der Waals surface area contributed by atoms with Gasteiger partial charge in [0.05, 0.1) is 0 Å². The van der Waals surface area contributed by atoms with Crippen molar-refractivity contribution < 1.29 is 14.7 Å². The predicted molar refractivity (Wildman–Crippen MR) is 171 cm³/mol. The Morgan fingerprint density at radius 1 is 0.436 bits per heavy atom. The van der Waals surface area contributed by atoms with Crippen molar-refractivity contribution in [2.75, 3.05) is 0 Å². The van der Waals surface area contributed by atoms with Gasteiger partial charge in [0.15, 0.2) is 5.78 Å². The second-order valence-electron chi connectivity index (χ2n) is 12.2. The maximum absolute atomic E-state index is 11.7. The van der Waals surface area contributed by atoms with Crippen LogP contribution in [-0.4, -0.2) is 16.9 Å². The minimum Gasteiger partial charge on any atom is -0.478 e. The van der Waals surface area contributed by atoms with Crippen LogP contribution in [0.5, 0.6) is 0 Å². The molecule has 0 atom stereocenters. The molecule has 1 N–H and O–H groups in total. The monoisotopic (exact) mass is 549 g/mol. The summed E-state index contributed by atoms with van der Waals surface area (Å²) in [5.74, 6) is -1.06. The topological polar surface area (TPSA) is 54.4 Å². The first-order valence-electron chi connectivity index (χ1n) is 17.5. The molecule has 0 radical (unpaired) electrons. The van der Waals surface area contributed by atoms with E-state index in [4.69, 9.17) is 5.11 Å². The quantitative estimate of drug-likeness (QED) is 0.0671. The molecule has 0 bridgehead atoms. The molecule has 39 heavy (non-hydrogen) atoms. The molecule has 0 amide bonds. The Hall–Kier alpha value is -1.12. The van der Waals surface area contributed by atoms with Crippen LogP contribution in [0.2, 0.25) is 0 Å². The summed E-state index contributed by atoms with van der Waals surface area (Å²) in [4.78, 5) is 22.4. The van der Waals surface area contributed by atoms with Crippen molar-refractivity contribution in [3.63, 3.8) is 0 Å². The van der Waals surface area contributed by atoms with E-state index in [0.717, 1.165) is 12.8 Å². The van der Waals surface area contributed by atoms with Crippen molar-refractivity contribution in [3.8, 4) is 0 Å². The zero-order chi connectivity index (χ0) is 28.7. The highest BCUT2D eigenvalue weighted by Gasteiger charge is 2.04. The lowest BCUT2D eigenvalue weighted by Gasteiger charge is -2.04. The van der Waals surface area contributed by atoms with Crippen molar-refractivity contribution in [1.29, 1.82) is 0 Å². The molecule has 0 aliphatic heterocycles. The SMILES string of the molecule is CCCCCCCCCCCCCCCCCCCCCCCCCCCCCCCC(=O)C=C(C)C(=O)O. The van der Waals surface area contributed by atoms with Gasteiger partial charge in [-0.25, -0.2) is 4.79 Å². The first-order chi connectivity index (χ1) is 19.1. The molecule has 0 aromatic rings. The maximum Gasteiger partial charge on any atom is 0.331 e. The van der Waals surface area contributed by atoms with Crippen molar-refractivity contribution in [2.45, 2.75) is 206 Å². The fraction of sp³-hybridized carbons (Fsp3) is 0.889. The normalized spacial score (nSPS) is 11.8. The van der Waals surface area contributed by atoms with Crippen molar-refractivity contribution >= 4 is 11.8 Å². The number of allylic oxidation sites excluding steroid dienone is 1. The summed E-state index contributed by atoms with van der Waals surface area (Å²) in [7, 11) is 0. The molecule has 0 aromatic carbocycles. The van der Waals surface area contributed by atoms with Gasteiger partial charge in [-0.2, -0.15) is 0 Å². The Kier molecular flexibility index (Phi) is 30.5. The van der Waals surface area contributed by atoms with E-state index >= 15 is 0 Å². The fourth-order valence-corrected chi connectivity index (χ4v) is 5.52. The van der Waals surface area contributed by atoms with Crippen LogP contribution >= 0.6 is 0 Å². The molecule has 3 heteroatoms. The number of rotatable bonds is 32. The molecule has 0 rings (SSSR count). The molecule has 230 valence electrons. The van der Waals surface area contributed by atoms with Crippen molar-refractivity contribution in [3.05, 3.63) is 11.6 Å². The van der Waals surface area contributed by atoms with E-state index in [2.05, 4.69) is 6.92 Å². The lowest BCUT2D eigenvalue weighted by molar-refractivity contribution is -0.132. The second-order valence-corrected chi connectivity index (χ2v) is 12.2. The summed E-state index contributed by atoms with van der Waals surface area (Å²) in [6, 6.07) is 0. The Labute approximate surface area is 244 Å². The summed E-state index contributed by atoms with van der Waals surface area (Å²) >= 11 is 0. The Morgan fingerprint density at radius 3 is 0.897 bits per heavy atom. The Bertz CT molecular complexity index is 566. The molecule has 0 aromatic heterocycles. The molecule has 0 saturated heterocycles. The van der Waals surface area contributed by atoms with Crippen LogP contribution in [0.25, 0.3) is 0 Å². The third-order valence-electron chi connectivity index (χ3n) is 8.24. The molecule has 0 fully saturated rings. The number of carbonyl (C=O) groups is 2. The number of hydrogen-bond acceptors (Lipinski definition) is 2. The van der Waals surface area contributed by atoms with E-state index in [0.29, 0.717) is 6.42 Å². The van der Waals surface area contributed by atoms with Gasteiger partial charge in [-0.3, -0.25) is 4.79 Å². The smallest absolute Gasteiger partial charge is 0.331 e. The van der Waals surface area contributed by atoms with Gasteiger partial charge in [0.25, 0.3) is 0 Å². The number of carbonyl (C=O) groups excluding carboxylic acids is 1. The second kappa shape index (κ2) is 31.4. The van der Waals surface area contributed by atoms with Crippen molar-refractivity contribution in [1.82, 2.24) is 0 Å². The summed E-state index contributed by atoms with van der Waals surface area (Å²) in [5.41, 5.74) is 0.135. The highest BCUT2D eigenvalue weighted by molar-refractivity contribution is 5.98. The van der Waals surface area contributed by atoms with Gasteiger partial charge in [0.1, 0.15) is 0 Å². The van der Waals surface area contributed by atoms with Gasteiger partial charge in [-0.05, 0) is 19.4 Å². The third-order valence-corrected chi connectivity index (χ3v) is 8.24. The summed E-state index contributed by atoms with van der Waals surface area (Å²) in [6.07, 6.45) is 42.0. The summed E-state index contributed by atoms with van der Waals surface area (Å²) in [5, 5.41) is 8.79. The number of aliphatic carboxylic acids is 1. The number of ketones is 1. The largest absolute Gasteiger partial charge is 0.478 e. The van der Waals surface area contributed by atoms with Gasteiger partial charge in [0, 0.05) is 12.0 Å². The maximum atomic E-state index is 11.7. The first kappa shape index (κ1) is 37.9. The predicted octanol–water partition coefficient (Wildman–Crippen LogP) is 12.3. The van der Waals surface area contributed by atoms with Gasteiger partial charge in [-0.15, -0.1) is 0 Å². The van der Waals surface area contributed by atoms with E-state index in [-0.39, 0.29) is 11.4 Å². The third kappa shape index (κ3) is 31.3. The fourth-order valence-electron chi connectivity index (χ4n) is 5.52. The number of unbranched alkanes of at least 4 members (excludes halogenated alkanes) is 28. The zero-order valence-electron chi connectivity index (χ0n) is 26.6. The molecule has 0 aliphatic carbocycles. The van der Waals surface area contributed by atoms with E-state index in [9.17, 15) is 9.59 Å². The van der Waals surface area contributed by atoms with E-state index in [1.54, 1.807) is 0 Å². The summed E-state index contributed by atoms with van der Waals surface area (Å²) in [6.45, 7) is 3.77. The molecular weight excluding hydrogens is 480 g/mol. The molecular formula is C36H68O3. The summed E-state index contributed by atoms with van der Waals surface area (Å²) < 4.78 is 0. The van der Waals surface area contributed by atoms with E-state index in [1.165, 1.54) is 186 Å². The average molecular weight is 549 g/mol. The zero-order valence-corrected chi connectivity index (χ0v) is 26.6.